The minimum atomic E-state index is 0.164. The van der Waals surface area contributed by atoms with E-state index in [-0.39, 0.29) is 10.8 Å². The molecule has 0 bridgehead atoms. The lowest BCUT2D eigenvalue weighted by Crippen LogP contribution is -2.30. The van der Waals surface area contributed by atoms with Crippen LogP contribution in [0.5, 0.6) is 0 Å². The van der Waals surface area contributed by atoms with E-state index < -0.39 is 0 Å². The Labute approximate surface area is 188 Å². The molecule has 0 saturated carbocycles. The van der Waals surface area contributed by atoms with Gasteiger partial charge in [0.25, 0.3) is 0 Å². The van der Waals surface area contributed by atoms with Gasteiger partial charge in [-0.05, 0) is 47.9 Å². The lowest BCUT2D eigenvalue weighted by Gasteiger charge is -2.26. The van der Waals surface area contributed by atoms with Crippen LogP contribution in [-0.2, 0) is 11.3 Å². The van der Waals surface area contributed by atoms with Gasteiger partial charge in [-0.15, -0.1) is 23.2 Å². The third kappa shape index (κ3) is 11.4. The van der Waals surface area contributed by atoms with Crippen LogP contribution in [0.3, 0.4) is 0 Å². The first-order chi connectivity index (χ1) is 13.7. The number of hydrogen-bond acceptors (Lipinski definition) is 4. The summed E-state index contributed by atoms with van der Waals surface area (Å²) in [6, 6.07) is 8.65. The smallest absolute Gasteiger partial charge is 0.0471 e. The molecule has 0 aromatic heterocycles. The van der Waals surface area contributed by atoms with Crippen molar-refractivity contribution in [2.24, 2.45) is 16.6 Å². The van der Waals surface area contributed by atoms with Crippen LogP contribution in [0.25, 0.3) is 0 Å². The quantitative estimate of drug-likeness (QED) is 0.281. The molecule has 1 aromatic rings. The number of ether oxygens (including phenoxy) is 1. The molecule has 6 heteroatoms. The van der Waals surface area contributed by atoms with Crippen molar-refractivity contribution in [3.05, 3.63) is 29.8 Å². The van der Waals surface area contributed by atoms with Crippen molar-refractivity contribution in [3.8, 4) is 0 Å². The summed E-state index contributed by atoms with van der Waals surface area (Å²) in [7, 11) is 0. The molecular formula is C23H41Cl2N3O. The van der Waals surface area contributed by atoms with Gasteiger partial charge in [0.05, 0.1) is 0 Å². The Hall–Kier alpha value is -0.520. The predicted octanol–water partition coefficient (Wildman–Crippen LogP) is 4.87. The number of alkyl halides is 2. The first-order valence-corrected chi connectivity index (χ1v) is 11.7. The largest absolute Gasteiger partial charge is 0.381 e. The lowest BCUT2D eigenvalue weighted by molar-refractivity contribution is 0.0825. The average Bonchev–Trinajstić information content (AvgIpc) is 2.68. The van der Waals surface area contributed by atoms with Crippen LogP contribution in [-0.4, -0.2) is 51.2 Å². The van der Waals surface area contributed by atoms with Crippen molar-refractivity contribution >= 4 is 28.9 Å². The minimum Gasteiger partial charge on any atom is -0.381 e. The first-order valence-electron chi connectivity index (χ1n) is 10.7. The van der Waals surface area contributed by atoms with Crippen molar-refractivity contribution in [2.45, 2.75) is 47.1 Å². The second kappa shape index (κ2) is 13.7. The molecule has 0 radical (unpaired) electrons. The van der Waals surface area contributed by atoms with Gasteiger partial charge in [0.15, 0.2) is 0 Å². The molecule has 29 heavy (non-hydrogen) atoms. The third-order valence-electron chi connectivity index (χ3n) is 5.34. The Bertz CT molecular complexity index is 544. The second-order valence-electron chi connectivity index (χ2n) is 9.28. The summed E-state index contributed by atoms with van der Waals surface area (Å²) >= 11 is 11.8. The molecule has 0 spiro atoms. The monoisotopic (exact) mass is 445 g/mol. The van der Waals surface area contributed by atoms with Crippen LogP contribution < -0.4 is 16.0 Å². The maximum Gasteiger partial charge on any atom is 0.0471 e. The van der Waals surface area contributed by atoms with Gasteiger partial charge >= 0.3 is 0 Å². The molecule has 0 unspecified atom stereocenters. The third-order valence-corrected chi connectivity index (χ3v) is 5.68. The number of halogens is 2. The maximum absolute atomic E-state index is 5.90. The van der Waals surface area contributed by atoms with Gasteiger partial charge in [-0.25, -0.2) is 0 Å². The van der Waals surface area contributed by atoms with Crippen molar-refractivity contribution in [3.63, 3.8) is 0 Å². The van der Waals surface area contributed by atoms with Gasteiger partial charge in [-0.2, -0.15) is 0 Å². The van der Waals surface area contributed by atoms with Crippen LogP contribution in [0, 0.1) is 10.8 Å². The standard InChI is InChI=1S/C23H41Cl2N3O/c1-22(2,18-26)9-15-29-16-10-23(3,4)19-27-17-20-5-7-21(8-6-20)28(13-11-24)14-12-25/h5-8,27H,9-19,26H2,1-4H3. The van der Waals surface area contributed by atoms with E-state index in [2.05, 4.69) is 62.2 Å². The summed E-state index contributed by atoms with van der Waals surface area (Å²) in [4.78, 5) is 2.22. The van der Waals surface area contributed by atoms with Crippen LogP contribution in [0.2, 0.25) is 0 Å². The fourth-order valence-electron chi connectivity index (χ4n) is 2.93. The zero-order valence-corrected chi connectivity index (χ0v) is 20.3. The van der Waals surface area contributed by atoms with E-state index >= 15 is 0 Å². The first kappa shape index (κ1) is 26.5. The van der Waals surface area contributed by atoms with E-state index in [0.717, 1.165) is 52.2 Å². The molecule has 3 N–H and O–H groups in total. The van der Waals surface area contributed by atoms with Crippen molar-refractivity contribution < 1.29 is 4.74 Å². The highest BCUT2D eigenvalue weighted by atomic mass is 35.5. The van der Waals surface area contributed by atoms with Gasteiger partial charge < -0.3 is 20.7 Å². The highest BCUT2D eigenvalue weighted by Gasteiger charge is 2.18. The SMILES string of the molecule is CC(C)(CN)CCOCCC(C)(C)CNCc1ccc(N(CCCl)CCCl)cc1. The Balaban J connectivity index is 2.32. The van der Waals surface area contributed by atoms with E-state index in [9.17, 15) is 0 Å². The zero-order chi connectivity index (χ0) is 21.8. The van der Waals surface area contributed by atoms with E-state index in [1.807, 2.05) is 0 Å². The number of nitrogens with zero attached hydrogens (tertiary/aromatic N) is 1. The Morgan fingerprint density at radius 3 is 2.00 bits per heavy atom. The summed E-state index contributed by atoms with van der Waals surface area (Å²) in [5.74, 6) is 1.20. The summed E-state index contributed by atoms with van der Waals surface area (Å²) < 4.78 is 5.84. The molecule has 0 saturated heterocycles. The molecule has 0 aliphatic carbocycles. The summed E-state index contributed by atoms with van der Waals surface area (Å²) in [5.41, 5.74) is 8.58. The van der Waals surface area contributed by atoms with Gasteiger partial charge in [0, 0.05) is 56.8 Å². The molecule has 0 aliphatic heterocycles. The Kier molecular flexibility index (Phi) is 12.5. The van der Waals surface area contributed by atoms with Gasteiger partial charge in [-0.1, -0.05) is 39.8 Å². The molecule has 1 rings (SSSR count). The highest BCUT2D eigenvalue weighted by molar-refractivity contribution is 6.18. The Morgan fingerprint density at radius 2 is 1.48 bits per heavy atom. The van der Waals surface area contributed by atoms with Gasteiger partial charge in [-0.3, -0.25) is 0 Å². The van der Waals surface area contributed by atoms with Crippen LogP contribution in [0.4, 0.5) is 5.69 Å². The molecule has 0 aliphatic rings. The summed E-state index contributed by atoms with van der Waals surface area (Å²) in [5, 5.41) is 3.59. The normalized spacial score (nSPS) is 12.4. The molecule has 0 atom stereocenters. The molecule has 0 amide bonds. The molecule has 168 valence electrons. The highest BCUT2D eigenvalue weighted by Crippen LogP contribution is 2.21. The number of nitrogens with one attached hydrogen (secondary N) is 1. The van der Waals surface area contributed by atoms with Crippen LogP contribution in [0.15, 0.2) is 24.3 Å². The van der Waals surface area contributed by atoms with E-state index in [1.54, 1.807) is 0 Å². The van der Waals surface area contributed by atoms with Crippen LogP contribution in [0.1, 0.15) is 46.1 Å². The van der Waals surface area contributed by atoms with Crippen molar-refractivity contribution in [1.29, 1.82) is 0 Å². The van der Waals surface area contributed by atoms with Gasteiger partial charge in [0.1, 0.15) is 0 Å². The number of rotatable bonds is 16. The zero-order valence-electron chi connectivity index (χ0n) is 18.8. The topological polar surface area (TPSA) is 50.5 Å². The molecular weight excluding hydrogens is 405 g/mol. The molecule has 0 heterocycles. The molecule has 1 aromatic carbocycles. The number of nitrogens with two attached hydrogens (primary N) is 1. The number of hydrogen-bond donors (Lipinski definition) is 2. The Morgan fingerprint density at radius 1 is 0.931 bits per heavy atom. The predicted molar refractivity (Wildman–Crippen MR) is 128 cm³/mol. The minimum absolute atomic E-state index is 0.164. The van der Waals surface area contributed by atoms with E-state index in [0.29, 0.717) is 18.3 Å². The van der Waals surface area contributed by atoms with Gasteiger partial charge in [0.2, 0.25) is 0 Å². The second-order valence-corrected chi connectivity index (χ2v) is 10.0. The fraction of sp³-hybridized carbons (Fsp3) is 0.739. The number of benzene rings is 1. The van der Waals surface area contributed by atoms with Crippen molar-refractivity contribution in [1.82, 2.24) is 5.32 Å². The lowest BCUT2D eigenvalue weighted by atomic mass is 9.89. The summed E-state index contributed by atoms with van der Waals surface area (Å²) in [6.45, 7) is 14.7. The van der Waals surface area contributed by atoms with E-state index in [1.165, 1.54) is 11.3 Å². The fourth-order valence-corrected chi connectivity index (χ4v) is 3.34. The van der Waals surface area contributed by atoms with E-state index in [4.69, 9.17) is 33.7 Å². The molecule has 0 fully saturated rings. The summed E-state index contributed by atoms with van der Waals surface area (Å²) in [6.07, 6.45) is 2.04. The maximum atomic E-state index is 5.90. The van der Waals surface area contributed by atoms with Crippen molar-refractivity contribution in [2.75, 3.05) is 56.1 Å². The average molecular weight is 447 g/mol. The number of anilines is 1. The van der Waals surface area contributed by atoms with Crippen LogP contribution >= 0.6 is 23.2 Å². The molecule has 4 nitrogen and oxygen atoms in total.